The molecule has 0 saturated heterocycles. The normalized spacial score (nSPS) is 14.7. The van der Waals surface area contributed by atoms with Gasteiger partial charge in [-0.3, -0.25) is 43.7 Å². The van der Waals surface area contributed by atoms with Gasteiger partial charge in [0.2, 0.25) is 29.5 Å². The Hall–Kier alpha value is -5.13. The molecule has 248 valence electrons. The second-order valence-corrected chi connectivity index (χ2v) is 10.2. The number of carbonyl (C=O) groups excluding carboxylic acids is 5. The minimum Gasteiger partial charge on any atom is -0.481 e. The fraction of sp³-hybridized carbons (Fsp3) is 0.519. The third-order valence-electron chi connectivity index (χ3n) is 6.55. The van der Waals surface area contributed by atoms with Gasteiger partial charge >= 0.3 is 11.9 Å². The number of aliphatic hydroxyl groups is 1. The lowest BCUT2D eigenvalue weighted by Gasteiger charge is -2.28. The number of benzene rings is 1. The van der Waals surface area contributed by atoms with Gasteiger partial charge in [-0.2, -0.15) is 0 Å². The van der Waals surface area contributed by atoms with Crippen molar-refractivity contribution in [2.24, 2.45) is 5.92 Å². The highest BCUT2D eigenvalue weighted by atomic mass is 16.6. The van der Waals surface area contributed by atoms with Crippen LogP contribution in [0.15, 0.2) is 24.3 Å². The van der Waals surface area contributed by atoms with E-state index in [-0.39, 0.29) is 17.3 Å². The molecule has 0 radical (unpaired) electrons. The van der Waals surface area contributed by atoms with Crippen LogP contribution in [0.3, 0.4) is 0 Å². The predicted octanol–water partition coefficient (Wildman–Crippen LogP) is -0.741. The Kier molecular flexibility index (Phi) is 15.0. The molecule has 0 spiro atoms. The van der Waals surface area contributed by atoms with Crippen LogP contribution < -0.4 is 26.6 Å². The molecule has 0 aliphatic heterocycles. The average Bonchev–Trinajstić information content (AvgIpc) is 2.95. The molecule has 0 heterocycles. The molecule has 1 rings (SSSR count). The number of rotatable bonds is 18. The molecule has 1 aromatic rings. The molecule has 6 atom stereocenters. The van der Waals surface area contributed by atoms with Crippen molar-refractivity contribution >= 4 is 52.8 Å². The highest BCUT2D eigenvalue weighted by molar-refractivity contribution is 6.00. The van der Waals surface area contributed by atoms with E-state index in [0.29, 0.717) is 6.42 Å². The third-order valence-corrected chi connectivity index (χ3v) is 6.55. The van der Waals surface area contributed by atoms with Crippen molar-refractivity contribution in [3.8, 4) is 0 Å². The number of amides is 5. The maximum Gasteiger partial charge on any atom is 0.305 e. The number of carboxylic acids is 2. The zero-order valence-electron chi connectivity index (χ0n) is 25.1. The Bertz CT molecular complexity index is 1270. The monoisotopic (exact) mass is 638 g/mol. The number of nitro benzene ring substituents is 1. The molecule has 5 amide bonds. The Labute approximate surface area is 257 Å². The van der Waals surface area contributed by atoms with Crippen LogP contribution in [0.25, 0.3) is 0 Å². The van der Waals surface area contributed by atoms with Crippen molar-refractivity contribution in [1.82, 2.24) is 21.3 Å². The molecular weight excluding hydrogens is 600 g/mol. The summed E-state index contributed by atoms with van der Waals surface area (Å²) in [6.45, 7) is 5.73. The van der Waals surface area contributed by atoms with E-state index in [2.05, 4.69) is 26.6 Å². The predicted molar refractivity (Wildman–Crippen MR) is 155 cm³/mol. The summed E-state index contributed by atoms with van der Waals surface area (Å²) in [5.74, 6) is -7.81. The number of aliphatic hydroxyl groups excluding tert-OH is 1. The lowest BCUT2D eigenvalue weighted by molar-refractivity contribution is -0.384. The second kappa shape index (κ2) is 17.9. The summed E-state index contributed by atoms with van der Waals surface area (Å²) in [4.78, 5) is 96.5. The maximum atomic E-state index is 13.2. The Morgan fingerprint density at radius 3 is 1.82 bits per heavy atom. The molecule has 45 heavy (non-hydrogen) atoms. The summed E-state index contributed by atoms with van der Waals surface area (Å²) in [6.07, 6.45) is -3.11. The summed E-state index contributed by atoms with van der Waals surface area (Å²) in [5.41, 5.74) is -0.232. The second-order valence-electron chi connectivity index (χ2n) is 10.2. The molecule has 0 saturated carbocycles. The van der Waals surface area contributed by atoms with Crippen molar-refractivity contribution in [1.29, 1.82) is 0 Å². The van der Waals surface area contributed by atoms with Crippen LogP contribution in [0, 0.1) is 16.0 Å². The molecule has 0 unspecified atom stereocenters. The highest BCUT2D eigenvalue weighted by Crippen LogP contribution is 2.16. The van der Waals surface area contributed by atoms with E-state index in [1.165, 1.54) is 19.1 Å². The van der Waals surface area contributed by atoms with Crippen LogP contribution in [0.5, 0.6) is 0 Å². The summed E-state index contributed by atoms with van der Waals surface area (Å²) in [7, 11) is 0. The van der Waals surface area contributed by atoms with Gasteiger partial charge in [-0.05, 0) is 31.4 Å². The number of hydrogen-bond donors (Lipinski definition) is 8. The van der Waals surface area contributed by atoms with Crippen LogP contribution in [-0.4, -0.2) is 92.0 Å². The minimum atomic E-state index is -1.80. The summed E-state index contributed by atoms with van der Waals surface area (Å²) in [6, 6.07) is -1.63. The molecule has 1 aromatic carbocycles. The van der Waals surface area contributed by atoms with Crippen LogP contribution in [0.4, 0.5) is 11.4 Å². The van der Waals surface area contributed by atoms with Crippen molar-refractivity contribution in [2.75, 3.05) is 5.32 Å². The summed E-state index contributed by atoms with van der Waals surface area (Å²) in [5, 5.41) is 51.0. The van der Waals surface area contributed by atoms with Gasteiger partial charge in [-0.15, -0.1) is 0 Å². The van der Waals surface area contributed by atoms with Gasteiger partial charge < -0.3 is 41.9 Å². The van der Waals surface area contributed by atoms with E-state index in [4.69, 9.17) is 5.11 Å². The zero-order valence-corrected chi connectivity index (χ0v) is 25.1. The van der Waals surface area contributed by atoms with E-state index in [0.717, 1.165) is 19.1 Å². The number of hydrogen-bond acceptors (Lipinski definition) is 10. The molecule has 0 aromatic heterocycles. The van der Waals surface area contributed by atoms with Gasteiger partial charge in [0, 0.05) is 31.2 Å². The number of carbonyl (C=O) groups is 7. The summed E-state index contributed by atoms with van der Waals surface area (Å²) >= 11 is 0. The van der Waals surface area contributed by atoms with Gasteiger partial charge in [0.05, 0.1) is 17.4 Å². The zero-order chi connectivity index (χ0) is 34.4. The van der Waals surface area contributed by atoms with E-state index in [1.54, 1.807) is 13.8 Å². The first kappa shape index (κ1) is 37.9. The Balaban J connectivity index is 3.17. The van der Waals surface area contributed by atoms with Crippen molar-refractivity contribution < 1.29 is 53.8 Å². The van der Waals surface area contributed by atoms with E-state index in [9.17, 15) is 53.9 Å². The molecule has 0 bridgehead atoms. The molecule has 8 N–H and O–H groups in total. The first-order chi connectivity index (χ1) is 21.0. The molecule has 0 aliphatic carbocycles. The average molecular weight is 639 g/mol. The molecule has 18 heteroatoms. The standard InChI is InChI=1S/C27H38N6O12/c1-5-13(2)22(28-15(4)35)26(42)30-18(10-11-20(36)37)24(40)32-23(14(3)34)27(43)31-19(12-21(38)39)25(41)29-16-6-8-17(9-7-16)33(44)45/h6-9,13-14,18-19,22-23,34H,5,10-12H2,1-4H3,(H,28,35)(H,29,41)(H,30,42)(H,31,43)(H,32,40)(H,36,37)(H,38,39)/t13-,14-,18+,19-,22-,23-/m0/s1. The molecule has 18 nitrogen and oxygen atoms in total. The number of nitro groups is 1. The Morgan fingerprint density at radius 2 is 1.36 bits per heavy atom. The van der Waals surface area contributed by atoms with Gasteiger partial charge in [0.15, 0.2) is 0 Å². The number of nitrogens with zero attached hydrogens (tertiary/aromatic N) is 1. The van der Waals surface area contributed by atoms with Gasteiger partial charge in [0.1, 0.15) is 24.2 Å². The van der Waals surface area contributed by atoms with Crippen LogP contribution in [-0.2, 0) is 33.6 Å². The summed E-state index contributed by atoms with van der Waals surface area (Å²) < 4.78 is 0. The number of nitrogens with one attached hydrogen (secondary N) is 5. The van der Waals surface area contributed by atoms with Crippen LogP contribution in [0.2, 0.25) is 0 Å². The first-order valence-electron chi connectivity index (χ1n) is 13.8. The first-order valence-corrected chi connectivity index (χ1v) is 13.8. The Morgan fingerprint density at radius 1 is 0.800 bits per heavy atom. The number of aliphatic carboxylic acids is 2. The molecule has 0 fully saturated rings. The topological polar surface area (TPSA) is 283 Å². The van der Waals surface area contributed by atoms with Crippen LogP contribution in [0.1, 0.15) is 53.4 Å². The van der Waals surface area contributed by atoms with Gasteiger partial charge in [-0.25, -0.2) is 0 Å². The third kappa shape index (κ3) is 13.0. The number of non-ortho nitro benzene ring substituents is 1. The van der Waals surface area contributed by atoms with Crippen LogP contribution >= 0.6 is 0 Å². The lowest BCUT2D eigenvalue weighted by atomic mass is 9.97. The SMILES string of the molecule is CC[C@H](C)[C@H](NC(C)=O)C(=O)N[C@H](CCC(=O)O)C(=O)N[C@H](C(=O)N[C@@H](CC(=O)O)C(=O)Nc1ccc([N+](=O)[O-])cc1)[C@H](C)O. The van der Waals surface area contributed by atoms with E-state index in [1.807, 2.05) is 0 Å². The van der Waals surface area contributed by atoms with E-state index >= 15 is 0 Å². The molecular formula is C27H38N6O12. The molecule has 0 aliphatic rings. The maximum absolute atomic E-state index is 13.2. The number of anilines is 1. The largest absolute Gasteiger partial charge is 0.481 e. The smallest absolute Gasteiger partial charge is 0.305 e. The van der Waals surface area contributed by atoms with Gasteiger partial charge in [0.25, 0.3) is 5.69 Å². The fourth-order valence-corrected chi connectivity index (χ4v) is 3.92. The van der Waals surface area contributed by atoms with Crippen molar-refractivity contribution in [2.45, 2.75) is 83.6 Å². The number of carboxylic acid groups (broad SMARTS) is 2. The fourth-order valence-electron chi connectivity index (χ4n) is 3.92. The highest BCUT2D eigenvalue weighted by Gasteiger charge is 2.35. The minimum absolute atomic E-state index is 0.0441. The quantitative estimate of drug-likeness (QED) is 0.0729. The lowest BCUT2D eigenvalue weighted by Crippen LogP contribution is -2.61. The van der Waals surface area contributed by atoms with E-state index < -0.39 is 95.9 Å². The van der Waals surface area contributed by atoms with Crippen molar-refractivity contribution in [3.05, 3.63) is 34.4 Å². The van der Waals surface area contributed by atoms with Crippen molar-refractivity contribution in [3.63, 3.8) is 0 Å². The van der Waals surface area contributed by atoms with Gasteiger partial charge in [-0.1, -0.05) is 20.3 Å².